The van der Waals surface area contributed by atoms with Crippen LogP contribution in [0.4, 0.5) is 5.82 Å². The third-order valence-corrected chi connectivity index (χ3v) is 2.64. The molecule has 3 aromatic rings. The van der Waals surface area contributed by atoms with Crippen LogP contribution in [0.15, 0.2) is 54.9 Å². The van der Waals surface area contributed by atoms with E-state index in [0.29, 0.717) is 11.5 Å². The number of carbonyl (C=O) groups excluding carboxylic acids is 1. The number of amides is 1. The molecule has 0 unspecified atom stereocenters. The average Bonchev–Trinajstić information content (AvgIpc) is 2.57. The average molecular weight is 278 g/mol. The molecule has 0 atom stereocenters. The van der Waals surface area contributed by atoms with E-state index < -0.39 is 0 Å². The van der Waals surface area contributed by atoms with E-state index in [2.05, 4.69) is 30.7 Å². The topological polar surface area (TPSA) is 93.6 Å². The first-order valence-electron chi connectivity index (χ1n) is 6.17. The van der Waals surface area contributed by atoms with Gasteiger partial charge in [0.2, 0.25) is 0 Å². The second-order valence-corrected chi connectivity index (χ2v) is 4.08. The second-order valence-electron chi connectivity index (χ2n) is 4.08. The van der Waals surface area contributed by atoms with Gasteiger partial charge in [0.25, 0.3) is 5.91 Å². The van der Waals surface area contributed by atoms with E-state index in [4.69, 9.17) is 0 Å². The standard InChI is InChI=1S/C14H10N6O/c21-14(12-5-3-9-16-18-12)17-13-7-6-11(19-20-13)10-4-1-2-8-15-10/h1-9H,(H,17,20,21). The Hall–Kier alpha value is -3.22. The van der Waals surface area contributed by atoms with Gasteiger partial charge < -0.3 is 5.32 Å². The quantitative estimate of drug-likeness (QED) is 0.781. The van der Waals surface area contributed by atoms with Gasteiger partial charge >= 0.3 is 0 Å². The summed E-state index contributed by atoms with van der Waals surface area (Å²) in [5.74, 6) is -0.0479. The van der Waals surface area contributed by atoms with Crippen molar-refractivity contribution >= 4 is 11.7 Å². The van der Waals surface area contributed by atoms with Gasteiger partial charge in [0.15, 0.2) is 11.5 Å². The molecule has 3 rings (SSSR count). The van der Waals surface area contributed by atoms with E-state index in [1.807, 2.05) is 18.2 Å². The van der Waals surface area contributed by atoms with Gasteiger partial charge in [-0.25, -0.2) is 0 Å². The number of hydrogen-bond donors (Lipinski definition) is 1. The third-order valence-electron chi connectivity index (χ3n) is 2.64. The predicted molar refractivity (Wildman–Crippen MR) is 75.2 cm³/mol. The summed E-state index contributed by atoms with van der Waals surface area (Å²) >= 11 is 0. The number of pyridine rings is 1. The first kappa shape index (κ1) is 12.8. The molecule has 3 heterocycles. The van der Waals surface area contributed by atoms with Crippen molar-refractivity contribution in [3.05, 3.63) is 60.6 Å². The van der Waals surface area contributed by atoms with Gasteiger partial charge in [0, 0.05) is 12.4 Å². The normalized spacial score (nSPS) is 10.1. The van der Waals surface area contributed by atoms with Crippen LogP contribution in [0, 0.1) is 0 Å². The maximum absolute atomic E-state index is 11.9. The fourth-order valence-electron chi connectivity index (χ4n) is 1.65. The predicted octanol–water partition coefficient (Wildman–Crippen LogP) is 1.58. The van der Waals surface area contributed by atoms with Crippen LogP contribution in [0.25, 0.3) is 11.4 Å². The van der Waals surface area contributed by atoms with Gasteiger partial charge in [-0.05, 0) is 36.4 Å². The number of nitrogens with one attached hydrogen (secondary N) is 1. The molecule has 7 heteroatoms. The van der Waals surface area contributed by atoms with Crippen molar-refractivity contribution in [3.8, 4) is 11.4 Å². The zero-order valence-electron chi connectivity index (χ0n) is 10.8. The molecule has 0 aliphatic carbocycles. The summed E-state index contributed by atoms with van der Waals surface area (Å²) in [5.41, 5.74) is 1.57. The van der Waals surface area contributed by atoms with Gasteiger partial charge in [0.05, 0.1) is 5.69 Å². The molecule has 3 aromatic heterocycles. The number of carbonyl (C=O) groups is 1. The molecule has 0 spiro atoms. The van der Waals surface area contributed by atoms with E-state index in [1.54, 1.807) is 30.5 Å². The Bertz CT molecular complexity index is 730. The Morgan fingerprint density at radius 3 is 2.48 bits per heavy atom. The number of rotatable bonds is 3. The fraction of sp³-hybridized carbons (Fsp3) is 0. The van der Waals surface area contributed by atoms with E-state index in [1.165, 1.54) is 6.20 Å². The van der Waals surface area contributed by atoms with Gasteiger partial charge in [-0.15, -0.1) is 15.3 Å². The molecule has 0 radical (unpaired) electrons. The van der Waals surface area contributed by atoms with Crippen molar-refractivity contribution in [1.29, 1.82) is 0 Å². The highest BCUT2D eigenvalue weighted by Crippen LogP contribution is 2.13. The number of anilines is 1. The molecule has 0 aliphatic rings. The number of nitrogens with zero attached hydrogens (tertiary/aromatic N) is 5. The Labute approximate surface area is 120 Å². The van der Waals surface area contributed by atoms with Crippen molar-refractivity contribution in [3.63, 3.8) is 0 Å². The molecule has 0 fully saturated rings. The Morgan fingerprint density at radius 1 is 0.857 bits per heavy atom. The summed E-state index contributed by atoms with van der Waals surface area (Å²) in [7, 11) is 0. The van der Waals surface area contributed by atoms with Crippen LogP contribution in [-0.4, -0.2) is 31.3 Å². The van der Waals surface area contributed by atoms with Crippen LogP contribution < -0.4 is 5.32 Å². The highest BCUT2D eigenvalue weighted by molar-refractivity contribution is 6.02. The lowest BCUT2D eigenvalue weighted by molar-refractivity contribution is 0.102. The first-order valence-corrected chi connectivity index (χ1v) is 6.17. The largest absolute Gasteiger partial charge is 0.304 e. The van der Waals surface area contributed by atoms with E-state index in [9.17, 15) is 4.79 Å². The molecule has 0 aromatic carbocycles. The Balaban J connectivity index is 1.75. The van der Waals surface area contributed by atoms with Crippen LogP contribution in [0.1, 0.15) is 10.5 Å². The number of aromatic nitrogens is 5. The summed E-state index contributed by atoms with van der Waals surface area (Å²) < 4.78 is 0. The van der Waals surface area contributed by atoms with Crippen LogP contribution in [0.3, 0.4) is 0 Å². The molecule has 0 saturated heterocycles. The van der Waals surface area contributed by atoms with E-state index in [-0.39, 0.29) is 11.6 Å². The molecule has 7 nitrogen and oxygen atoms in total. The van der Waals surface area contributed by atoms with Crippen LogP contribution in [0.2, 0.25) is 0 Å². The van der Waals surface area contributed by atoms with E-state index >= 15 is 0 Å². The maximum Gasteiger partial charge on any atom is 0.277 e. The minimum atomic E-state index is -0.386. The number of hydrogen-bond acceptors (Lipinski definition) is 6. The lowest BCUT2D eigenvalue weighted by Gasteiger charge is -2.03. The lowest BCUT2D eigenvalue weighted by atomic mass is 10.2. The summed E-state index contributed by atoms with van der Waals surface area (Å²) in [4.78, 5) is 16.1. The van der Waals surface area contributed by atoms with Crippen LogP contribution in [-0.2, 0) is 0 Å². The van der Waals surface area contributed by atoms with Crippen LogP contribution >= 0.6 is 0 Å². The molecule has 102 valence electrons. The minimum absolute atomic E-state index is 0.216. The molecule has 0 aliphatic heterocycles. The highest BCUT2D eigenvalue weighted by Gasteiger charge is 2.09. The Kier molecular flexibility index (Phi) is 3.55. The highest BCUT2D eigenvalue weighted by atomic mass is 16.2. The smallest absolute Gasteiger partial charge is 0.277 e. The molecule has 0 bridgehead atoms. The van der Waals surface area contributed by atoms with Crippen LogP contribution in [0.5, 0.6) is 0 Å². The van der Waals surface area contributed by atoms with Crippen molar-refractivity contribution < 1.29 is 4.79 Å². The molecule has 1 N–H and O–H groups in total. The van der Waals surface area contributed by atoms with Gasteiger partial charge in [-0.1, -0.05) is 6.07 Å². The van der Waals surface area contributed by atoms with Crippen molar-refractivity contribution in [2.45, 2.75) is 0 Å². The maximum atomic E-state index is 11.9. The minimum Gasteiger partial charge on any atom is -0.304 e. The summed E-state index contributed by atoms with van der Waals surface area (Å²) in [5, 5.41) is 18.0. The molecule has 21 heavy (non-hydrogen) atoms. The Morgan fingerprint density at radius 2 is 1.81 bits per heavy atom. The second kappa shape index (κ2) is 5.83. The zero-order chi connectivity index (χ0) is 14.5. The first-order chi connectivity index (χ1) is 10.3. The van der Waals surface area contributed by atoms with Crippen molar-refractivity contribution in [1.82, 2.24) is 25.4 Å². The SMILES string of the molecule is O=C(Nc1ccc(-c2ccccn2)nn1)c1cccnn1. The third kappa shape index (κ3) is 3.03. The summed E-state index contributed by atoms with van der Waals surface area (Å²) in [6.45, 7) is 0. The van der Waals surface area contributed by atoms with Gasteiger partial charge in [0.1, 0.15) is 5.69 Å². The van der Waals surface area contributed by atoms with Gasteiger partial charge in [-0.2, -0.15) is 5.10 Å². The van der Waals surface area contributed by atoms with Crippen molar-refractivity contribution in [2.75, 3.05) is 5.32 Å². The molecular weight excluding hydrogens is 268 g/mol. The molecular formula is C14H10N6O. The molecule has 0 saturated carbocycles. The summed E-state index contributed by atoms with van der Waals surface area (Å²) in [6, 6.07) is 12.1. The van der Waals surface area contributed by atoms with Crippen molar-refractivity contribution in [2.24, 2.45) is 0 Å². The summed E-state index contributed by atoms with van der Waals surface area (Å²) in [6.07, 6.45) is 3.18. The monoisotopic (exact) mass is 278 g/mol. The lowest BCUT2D eigenvalue weighted by Crippen LogP contribution is -2.15. The zero-order valence-corrected chi connectivity index (χ0v) is 10.8. The fourth-order valence-corrected chi connectivity index (χ4v) is 1.65. The van der Waals surface area contributed by atoms with E-state index in [0.717, 1.165) is 5.69 Å². The molecule has 1 amide bonds. The van der Waals surface area contributed by atoms with Gasteiger partial charge in [-0.3, -0.25) is 9.78 Å².